The fourth-order valence-electron chi connectivity index (χ4n) is 1.81. The highest BCUT2D eigenvalue weighted by Gasteiger charge is 2.42. The van der Waals surface area contributed by atoms with Crippen molar-refractivity contribution in [3.8, 4) is 0 Å². The summed E-state index contributed by atoms with van der Waals surface area (Å²) in [6, 6.07) is -1.04. The zero-order chi connectivity index (χ0) is 16.4. The number of hydrogen-bond acceptors (Lipinski definition) is 6. The van der Waals surface area contributed by atoms with Crippen molar-refractivity contribution in [1.29, 1.82) is 0 Å². The van der Waals surface area contributed by atoms with E-state index in [2.05, 4.69) is 11.3 Å². The molecule has 1 aliphatic heterocycles. The Morgan fingerprint density at radius 1 is 1.29 bits per heavy atom. The molecule has 0 saturated carbocycles. The molecule has 1 aliphatic rings. The Hall–Kier alpha value is -1.89. The maximum atomic E-state index is 12.0. The average Bonchev–Trinajstić information content (AvgIpc) is 2.69. The SMILES string of the molecule is C=C(C)C(=O)OC(=O)[C@H]1C[C@H](O)CN1C(=O)OC(C)(C)C. The number of nitrogens with zero attached hydrogens (tertiary/aromatic N) is 1. The zero-order valence-corrected chi connectivity index (χ0v) is 12.7. The molecule has 21 heavy (non-hydrogen) atoms. The normalized spacial score (nSPS) is 21.9. The van der Waals surface area contributed by atoms with Crippen LogP contribution in [0.4, 0.5) is 4.79 Å². The minimum atomic E-state index is -1.04. The molecule has 1 saturated heterocycles. The minimum absolute atomic E-state index is 0.00153. The minimum Gasteiger partial charge on any atom is -0.444 e. The van der Waals surface area contributed by atoms with E-state index >= 15 is 0 Å². The number of β-amino-alcohol motifs (C(OH)–C–C–N with tert-alkyl or cyclic N) is 1. The largest absolute Gasteiger partial charge is 0.444 e. The number of aliphatic hydroxyl groups is 1. The van der Waals surface area contributed by atoms with Gasteiger partial charge in [-0.15, -0.1) is 0 Å². The third-order valence-electron chi connectivity index (χ3n) is 2.72. The quantitative estimate of drug-likeness (QED) is 0.464. The van der Waals surface area contributed by atoms with E-state index in [0.717, 1.165) is 4.90 Å². The Bertz CT molecular complexity index is 465. The van der Waals surface area contributed by atoms with Gasteiger partial charge < -0.3 is 14.6 Å². The second-order valence-electron chi connectivity index (χ2n) is 6.03. The van der Waals surface area contributed by atoms with E-state index in [9.17, 15) is 19.5 Å². The van der Waals surface area contributed by atoms with Crippen molar-refractivity contribution in [1.82, 2.24) is 4.90 Å². The van der Waals surface area contributed by atoms with E-state index in [0.29, 0.717) is 0 Å². The van der Waals surface area contributed by atoms with Gasteiger partial charge in [-0.2, -0.15) is 0 Å². The van der Waals surface area contributed by atoms with Gasteiger partial charge in [-0.05, 0) is 27.7 Å². The summed E-state index contributed by atoms with van der Waals surface area (Å²) in [6.45, 7) is 9.80. The van der Waals surface area contributed by atoms with E-state index < -0.39 is 35.8 Å². The first-order valence-electron chi connectivity index (χ1n) is 6.60. The number of carbonyl (C=O) groups excluding carboxylic acids is 3. The van der Waals surface area contributed by atoms with Crippen molar-refractivity contribution in [2.75, 3.05) is 6.54 Å². The highest BCUT2D eigenvalue weighted by molar-refractivity contribution is 5.97. The third-order valence-corrected chi connectivity index (χ3v) is 2.72. The molecule has 7 nitrogen and oxygen atoms in total. The van der Waals surface area contributed by atoms with Crippen molar-refractivity contribution in [2.45, 2.75) is 51.9 Å². The lowest BCUT2D eigenvalue weighted by Gasteiger charge is -2.27. The van der Waals surface area contributed by atoms with Crippen LogP contribution in [-0.2, 0) is 19.1 Å². The van der Waals surface area contributed by atoms with E-state index in [4.69, 9.17) is 4.74 Å². The Balaban J connectivity index is 2.79. The molecule has 0 bridgehead atoms. The van der Waals surface area contributed by atoms with E-state index in [1.807, 2.05) is 0 Å². The lowest BCUT2D eigenvalue weighted by Crippen LogP contribution is -2.44. The number of carbonyl (C=O) groups is 3. The summed E-state index contributed by atoms with van der Waals surface area (Å²) in [5.41, 5.74) is -0.655. The molecule has 0 radical (unpaired) electrons. The third kappa shape index (κ3) is 4.86. The van der Waals surface area contributed by atoms with Crippen LogP contribution in [-0.4, -0.2) is 52.3 Å². The maximum absolute atomic E-state index is 12.0. The first-order valence-corrected chi connectivity index (χ1v) is 6.60. The lowest BCUT2D eigenvalue weighted by atomic mass is 10.2. The van der Waals surface area contributed by atoms with Gasteiger partial charge in [0.1, 0.15) is 11.6 Å². The van der Waals surface area contributed by atoms with Crippen LogP contribution in [0.3, 0.4) is 0 Å². The second kappa shape index (κ2) is 6.26. The smallest absolute Gasteiger partial charge is 0.411 e. The predicted molar refractivity (Wildman–Crippen MR) is 73.3 cm³/mol. The summed E-state index contributed by atoms with van der Waals surface area (Å²) in [5, 5.41) is 9.65. The van der Waals surface area contributed by atoms with Gasteiger partial charge in [0, 0.05) is 12.0 Å². The van der Waals surface area contributed by atoms with Gasteiger partial charge in [-0.25, -0.2) is 14.4 Å². The second-order valence-corrected chi connectivity index (χ2v) is 6.03. The topological polar surface area (TPSA) is 93.1 Å². The molecule has 0 unspecified atom stereocenters. The lowest BCUT2D eigenvalue weighted by molar-refractivity contribution is -0.160. The van der Waals surface area contributed by atoms with Crippen LogP contribution in [0.25, 0.3) is 0 Å². The first-order chi connectivity index (χ1) is 9.51. The zero-order valence-electron chi connectivity index (χ0n) is 12.7. The predicted octanol–water partition coefficient (Wildman–Crippen LogP) is 1.00. The van der Waals surface area contributed by atoms with Crippen LogP contribution >= 0.6 is 0 Å². The monoisotopic (exact) mass is 299 g/mol. The molecular formula is C14H21NO6. The first kappa shape index (κ1) is 17.2. The van der Waals surface area contributed by atoms with Crippen LogP contribution in [0.5, 0.6) is 0 Å². The molecule has 7 heteroatoms. The summed E-state index contributed by atoms with van der Waals surface area (Å²) < 4.78 is 9.79. The van der Waals surface area contributed by atoms with Gasteiger partial charge in [0.2, 0.25) is 0 Å². The molecule has 0 aliphatic carbocycles. The molecule has 1 amide bonds. The van der Waals surface area contributed by atoms with Crippen LogP contribution in [0.1, 0.15) is 34.1 Å². The summed E-state index contributed by atoms with van der Waals surface area (Å²) in [5.74, 6) is -1.75. The van der Waals surface area contributed by atoms with Gasteiger partial charge in [0.25, 0.3) is 0 Å². The van der Waals surface area contributed by atoms with Gasteiger partial charge in [-0.3, -0.25) is 4.90 Å². The van der Waals surface area contributed by atoms with Crippen molar-refractivity contribution >= 4 is 18.0 Å². The van der Waals surface area contributed by atoms with E-state index in [1.54, 1.807) is 20.8 Å². The highest BCUT2D eigenvalue weighted by Crippen LogP contribution is 2.22. The van der Waals surface area contributed by atoms with Crippen molar-refractivity contribution < 1.29 is 29.0 Å². The molecule has 1 rings (SSSR count). The highest BCUT2D eigenvalue weighted by atomic mass is 16.6. The van der Waals surface area contributed by atoms with Crippen molar-refractivity contribution in [3.05, 3.63) is 12.2 Å². The van der Waals surface area contributed by atoms with Gasteiger partial charge in [0.15, 0.2) is 0 Å². The number of ether oxygens (including phenoxy) is 2. The summed E-state index contributed by atoms with van der Waals surface area (Å²) in [7, 11) is 0. The summed E-state index contributed by atoms with van der Waals surface area (Å²) in [6.07, 6.45) is -1.60. The average molecular weight is 299 g/mol. The maximum Gasteiger partial charge on any atom is 0.411 e. The molecule has 1 heterocycles. The number of likely N-dealkylation sites (tertiary alicyclic amines) is 1. The van der Waals surface area contributed by atoms with Crippen LogP contribution in [0, 0.1) is 0 Å². The van der Waals surface area contributed by atoms with E-state index in [1.165, 1.54) is 6.92 Å². The Labute approximate surface area is 123 Å². The molecule has 118 valence electrons. The van der Waals surface area contributed by atoms with Crippen LogP contribution < -0.4 is 0 Å². The number of amides is 1. The molecule has 0 aromatic carbocycles. The van der Waals surface area contributed by atoms with Gasteiger partial charge in [0.05, 0.1) is 12.6 Å². The molecule has 2 atom stereocenters. The molecule has 0 aromatic heterocycles. The Kier molecular flexibility index (Phi) is 5.11. The molecule has 0 spiro atoms. The molecular weight excluding hydrogens is 278 g/mol. The van der Waals surface area contributed by atoms with Crippen molar-refractivity contribution in [2.24, 2.45) is 0 Å². The number of aliphatic hydroxyl groups excluding tert-OH is 1. The standard InChI is InChI=1S/C14H21NO6/c1-8(2)11(17)20-12(18)10-6-9(16)7-15(10)13(19)21-14(3,4)5/h9-10,16H,1,6-7H2,2-5H3/t9-,10+/m0/s1. The number of rotatable bonds is 2. The fourth-order valence-corrected chi connectivity index (χ4v) is 1.81. The van der Waals surface area contributed by atoms with Crippen molar-refractivity contribution in [3.63, 3.8) is 0 Å². The van der Waals surface area contributed by atoms with Gasteiger partial charge >= 0.3 is 18.0 Å². The number of esters is 2. The summed E-state index contributed by atoms with van der Waals surface area (Å²) in [4.78, 5) is 36.4. The molecule has 1 fully saturated rings. The van der Waals surface area contributed by atoms with Crippen LogP contribution in [0.2, 0.25) is 0 Å². The summed E-state index contributed by atoms with van der Waals surface area (Å²) >= 11 is 0. The fraction of sp³-hybridized carbons (Fsp3) is 0.643. The Morgan fingerprint density at radius 2 is 1.86 bits per heavy atom. The van der Waals surface area contributed by atoms with Crippen LogP contribution in [0.15, 0.2) is 12.2 Å². The van der Waals surface area contributed by atoms with E-state index in [-0.39, 0.29) is 18.5 Å². The Morgan fingerprint density at radius 3 is 2.33 bits per heavy atom. The molecule has 1 N–H and O–H groups in total. The number of hydrogen-bond donors (Lipinski definition) is 1. The van der Waals surface area contributed by atoms with Gasteiger partial charge in [-0.1, -0.05) is 6.58 Å². The molecule has 0 aromatic rings.